The largest absolute Gasteiger partial charge is 0.490 e. The zero-order chi connectivity index (χ0) is 26.9. The molecule has 0 aromatic carbocycles. The first-order valence-corrected chi connectivity index (χ1v) is 11.3. The Morgan fingerprint density at radius 3 is 2.14 bits per heavy atom. The van der Waals surface area contributed by atoms with Gasteiger partial charge in [-0.3, -0.25) is 9.58 Å². The summed E-state index contributed by atoms with van der Waals surface area (Å²) in [6.07, 6.45) is 0.533. The minimum Gasteiger partial charge on any atom is -0.475 e. The number of carboxylic acid groups (broad SMARTS) is 2. The van der Waals surface area contributed by atoms with Gasteiger partial charge in [-0.1, -0.05) is 0 Å². The minimum atomic E-state index is -5.08. The second-order valence-corrected chi connectivity index (χ2v) is 8.56. The van der Waals surface area contributed by atoms with E-state index in [4.69, 9.17) is 29.3 Å². The SMILES string of the molecule is O=C(O)C(F)(F)F.O=C(O)C(F)(F)F.c1cnn(CCCO[C@@H]2CC[C@H]3[C@H]2OCCN3CC2CC2)c1. The van der Waals surface area contributed by atoms with Crippen molar-refractivity contribution in [2.75, 3.05) is 26.3 Å². The zero-order valence-corrected chi connectivity index (χ0v) is 19.2. The number of hydrogen-bond donors (Lipinski definition) is 2. The van der Waals surface area contributed by atoms with E-state index in [1.54, 1.807) is 0 Å². The lowest BCUT2D eigenvalue weighted by Crippen LogP contribution is -2.52. The lowest BCUT2D eigenvalue weighted by Gasteiger charge is -2.39. The van der Waals surface area contributed by atoms with Gasteiger partial charge >= 0.3 is 24.3 Å². The summed E-state index contributed by atoms with van der Waals surface area (Å²) in [5, 5.41) is 18.5. The molecule has 3 atom stereocenters. The second kappa shape index (κ2) is 13.2. The standard InChI is InChI=1S/C17H27N3O2.2C2HF3O2/c1-7-18-20(8-1)9-2-11-21-16-6-5-15-17(16)22-12-10-19(15)13-14-3-4-14;2*3-2(4,5)1(6)7/h1,7-8,14-17H,2-6,9-13H2;2*(H,6,7)/t15-,16+,17+;;/m0../s1. The van der Waals surface area contributed by atoms with Gasteiger partial charge in [-0.15, -0.1) is 0 Å². The molecule has 206 valence electrons. The Morgan fingerprint density at radius 1 is 1.03 bits per heavy atom. The molecule has 0 unspecified atom stereocenters. The Balaban J connectivity index is 0.000000271. The van der Waals surface area contributed by atoms with Crippen LogP contribution in [0, 0.1) is 5.92 Å². The fraction of sp³-hybridized carbons (Fsp3) is 0.762. The number of carboxylic acids is 2. The van der Waals surface area contributed by atoms with Crippen molar-refractivity contribution in [2.24, 2.45) is 5.92 Å². The van der Waals surface area contributed by atoms with Crippen LogP contribution in [-0.4, -0.2) is 93.7 Å². The smallest absolute Gasteiger partial charge is 0.475 e. The maximum absolute atomic E-state index is 10.6. The average molecular weight is 533 g/mol. The van der Waals surface area contributed by atoms with Gasteiger partial charge in [0.25, 0.3) is 0 Å². The van der Waals surface area contributed by atoms with Gasteiger partial charge in [-0.05, 0) is 44.1 Å². The topological polar surface area (TPSA) is 114 Å². The number of aliphatic carboxylic acids is 2. The molecule has 15 heteroatoms. The first kappa shape index (κ1) is 29.8. The average Bonchev–Trinajstić information content (AvgIpc) is 3.27. The summed E-state index contributed by atoms with van der Waals surface area (Å²) in [6.45, 7) is 5.02. The predicted octanol–water partition coefficient (Wildman–Crippen LogP) is 3.20. The molecule has 0 bridgehead atoms. The van der Waals surface area contributed by atoms with E-state index in [1.165, 1.54) is 25.8 Å². The Labute approximate surface area is 202 Å². The van der Waals surface area contributed by atoms with Gasteiger partial charge in [-0.2, -0.15) is 31.4 Å². The highest BCUT2D eigenvalue weighted by atomic mass is 19.4. The van der Waals surface area contributed by atoms with Crippen LogP contribution in [0.4, 0.5) is 26.3 Å². The number of fused-ring (bicyclic) bond motifs is 1. The number of aryl methyl sites for hydroxylation is 1. The van der Waals surface area contributed by atoms with Crippen LogP contribution >= 0.6 is 0 Å². The van der Waals surface area contributed by atoms with E-state index in [2.05, 4.69) is 10.00 Å². The normalized spacial score (nSPS) is 24.1. The lowest BCUT2D eigenvalue weighted by molar-refractivity contribution is -0.193. The van der Waals surface area contributed by atoms with E-state index in [-0.39, 0.29) is 0 Å². The third-order valence-electron chi connectivity index (χ3n) is 5.75. The first-order valence-electron chi connectivity index (χ1n) is 11.3. The first-order chi connectivity index (χ1) is 16.8. The van der Waals surface area contributed by atoms with E-state index >= 15 is 0 Å². The molecular formula is C21H29F6N3O6. The van der Waals surface area contributed by atoms with Gasteiger partial charge in [0.05, 0.1) is 18.8 Å². The fourth-order valence-corrected chi connectivity index (χ4v) is 3.92. The molecule has 1 aliphatic heterocycles. The maximum Gasteiger partial charge on any atom is 0.490 e. The molecule has 3 fully saturated rings. The van der Waals surface area contributed by atoms with Crippen molar-refractivity contribution >= 4 is 11.9 Å². The van der Waals surface area contributed by atoms with Gasteiger partial charge in [0.2, 0.25) is 0 Å². The van der Waals surface area contributed by atoms with Crippen molar-refractivity contribution in [3.8, 4) is 0 Å². The molecule has 9 nitrogen and oxygen atoms in total. The number of ether oxygens (including phenoxy) is 2. The van der Waals surface area contributed by atoms with E-state index in [1.807, 2.05) is 23.1 Å². The highest BCUT2D eigenvalue weighted by Gasteiger charge is 2.44. The summed E-state index contributed by atoms with van der Waals surface area (Å²) in [5.41, 5.74) is 0. The number of hydrogen-bond acceptors (Lipinski definition) is 6. The van der Waals surface area contributed by atoms with Crippen LogP contribution in [-0.2, 0) is 25.6 Å². The van der Waals surface area contributed by atoms with Crippen molar-refractivity contribution in [1.82, 2.24) is 14.7 Å². The molecule has 1 aromatic rings. The summed E-state index contributed by atoms with van der Waals surface area (Å²) in [5.74, 6) is -4.55. The van der Waals surface area contributed by atoms with Crippen molar-refractivity contribution in [1.29, 1.82) is 0 Å². The molecular weight excluding hydrogens is 504 g/mol. The third-order valence-corrected chi connectivity index (χ3v) is 5.75. The van der Waals surface area contributed by atoms with Gasteiger partial charge < -0.3 is 19.7 Å². The number of carbonyl (C=O) groups is 2. The van der Waals surface area contributed by atoms with Crippen LogP contribution in [0.5, 0.6) is 0 Å². The molecule has 0 radical (unpaired) electrons. The van der Waals surface area contributed by atoms with Crippen LogP contribution in [0.2, 0.25) is 0 Å². The Kier molecular flexibility index (Phi) is 11.0. The summed E-state index contributed by atoms with van der Waals surface area (Å²) in [7, 11) is 0. The van der Waals surface area contributed by atoms with Crippen molar-refractivity contribution in [3.63, 3.8) is 0 Å². The fourth-order valence-electron chi connectivity index (χ4n) is 3.92. The van der Waals surface area contributed by atoms with Crippen molar-refractivity contribution < 1.29 is 55.6 Å². The van der Waals surface area contributed by atoms with Gasteiger partial charge in [0.1, 0.15) is 0 Å². The number of rotatable bonds is 7. The summed E-state index contributed by atoms with van der Waals surface area (Å²) < 4.78 is 77.7. The molecule has 4 rings (SSSR count). The molecule has 0 spiro atoms. The van der Waals surface area contributed by atoms with Gasteiger partial charge in [0.15, 0.2) is 0 Å². The number of nitrogens with zero attached hydrogens (tertiary/aromatic N) is 3. The Morgan fingerprint density at radius 2 is 1.64 bits per heavy atom. The van der Waals surface area contributed by atoms with Crippen molar-refractivity contribution in [2.45, 2.75) is 69.3 Å². The molecule has 36 heavy (non-hydrogen) atoms. The van der Waals surface area contributed by atoms with E-state index in [0.717, 1.165) is 45.1 Å². The number of morpholine rings is 1. The predicted molar refractivity (Wildman–Crippen MR) is 111 cm³/mol. The number of halogens is 6. The van der Waals surface area contributed by atoms with E-state index in [0.29, 0.717) is 18.2 Å². The van der Waals surface area contributed by atoms with Crippen molar-refractivity contribution in [3.05, 3.63) is 18.5 Å². The molecule has 2 N–H and O–H groups in total. The van der Waals surface area contributed by atoms with Crippen LogP contribution < -0.4 is 0 Å². The number of aromatic nitrogens is 2. The second-order valence-electron chi connectivity index (χ2n) is 8.56. The van der Waals surface area contributed by atoms with Gasteiger partial charge in [-0.25, -0.2) is 9.59 Å². The lowest BCUT2D eigenvalue weighted by atomic mass is 10.1. The summed E-state index contributed by atoms with van der Waals surface area (Å²) in [6, 6.07) is 2.57. The molecule has 2 saturated carbocycles. The summed E-state index contributed by atoms with van der Waals surface area (Å²) >= 11 is 0. The van der Waals surface area contributed by atoms with Crippen LogP contribution in [0.25, 0.3) is 0 Å². The van der Waals surface area contributed by atoms with E-state index in [9.17, 15) is 26.3 Å². The molecule has 0 amide bonds. The van der Waals surface area contributed by atoms with Crippen LogP contribution in [0.3, 0.4) is 0 Å². The zero-order valence-electron chi connectivity index (χ0n) is 19.2. The molecule has 1 aromatic heterocycles. The molecule has 2 heterocycles. The third kappa shape index (κ3) is 10.3. The minimum absolute atomic E-state index is 0.296. The number of alkyl halides is 6. The Bertz CT molecular complexity index is 792. The van der Waals surface area contributed by atoms with Crippen LogP contribution in [0.15, 0.2) is 18.5 Å². The summed E-state index contributed by atoms with van der Waals surface area (Å²) in [4.78, 5) is 20.5. The molecule has 2 aliphatic carbocycles. The van der Waals surface area contributed by atoms with Crippen LogP contribution in [0.1, 0.15) is 32.1 Å². The molecule has 1 saturated heterocycles. The highest BCUT2D eigenvalue weighted by molar-refractivity contribution is 5.73. The monoisotopic (exact) mass is 533 g/mol. The molecule has 3 aliphatic rings. The van der Waals surface area contributed by atoms with E-state index < -0.39 is 24.3 Å². The Hall–Kier alpha value is -2.39. The quantitative estimate of drug-likeness (QED) is 0.406. The van der Waals surface area contributed by atoms with Gasteiger partial charge in [0, 0.05) is 44.7 Å². The highest BCUT2D eigenvalue weighted by Crippen LogP contribution is 2.36. The maximum atomic E-state index is 10.6.